The van der Waals surface area contributed by atoms with E-state index in [1.54, 1.807) is 11.3 Å². The first-order valence-electron chi connectivity index (χ1n) is 7.72. The lowest BCUT2D eigenvalue weighted by atomic mass is 9.43. The minimum Gasteiger partial charge on any atom is -0.387 e. The van der Waals surface area contributed by atoms with Crippen molar-refractivity contribution in [3.05, 3.63) is 21.9 Å². The molecule has 1 nitrogen and oxygen atoms in total. The molecule has 3 atom stereocenters. The van der Waals surface area contributed by atoms with Gasteiger partial charge in [-0.3, -0.25) is 0 Å². The second-order valence-electron chi connectivity index (χ2n) is 8.00. The van der Waals surface area contributed by atoms with Crippen molar-refractivity contribution in [3.63, 3.8) is 0 Å². The van der Waals surface area contributed by atoms with Crippen LogP contribution in [0.5, 0.6) is 0 Å². The van der Waals surface area contributed by atoms with E-state index >= 15 is 0 Å². The van der Waals surface area contributed by atoms with Crippen molar-refractivity contribution in [2.24, 2.45) is 22.7 Å². The van der Waals surface area contributed by atoms with Crippen LogP contribution in [0.15, 0.2) is 11.4 Å². The molecule has 4 aliphatic carbocycles. The molecule has 4 saturated carbocycles. The summed E-state index contributed by atoms with van der Waals surface area (Å²) in [4.78, 5) is 1.24. The topological polar surface area (TPSA) is 20.2 Å². The van der Waals surface area contributed by atoms with E-state index in [0.717, 1.165) is 11.8 Å². The predicted molar refractivity (Wildman–Crippen MR) is 79.2 cm³/mol. The van der Waals surface area contributed by atoms with Gasteiger partial charge in [-0.1, -0.05) is 6.92 Å². The summed E-state index contributed by atoms with van der Waals surface area (Å²) in [7, 11) is 0. The van der Waals surface area contributed by atoms with Gasteiger partial charge in [-0.05, 0) is 79.7 Å². The normalized spacial score (nSPS) is 45.6. The van der Waals surface area contributed by atoms with Crippen LogP contribution < -0.4 is 0 Å². The molecule has 0 spiro atoms. The van der Waals surface area contributed by atoms with Gasteiger partial charge < -0.3 is 5.11 Å². The average molecular weight is 276 g/mol. The molecule has 1 N–H and O–H groups in total. The van der Waals surface area contributed by atoms with Gasteiger partial charge in [0, 0.05) is 10.3 Å². The molecule has 0 saturated heterocycles. The summed E-state index contributed by atoms with van der Waals surface area (Å²) in [5.41, 5.74) is 2.02. The van der Waals surface area contributed by atoms with Crippen LogP contribution in [0.25, 0.3) is 0 Å². The zero-order valence-electron chi connectivity index (χ0n) is 12.0. The molecule has 4 bridgehead atoms. The molecule has 0 aromatic carbocycles. The van der Waals surface area contributed by atoms with E-state index in [0.29, 0.717) is 5.41 Å². The van der Waals surface area contributed by atoms with Crippen LogP contribution in [0.4, 0.5) is 0 Å². The molecule has 0 amide bonds. The van der Waals surface area contributed by atoms with E-state index < -0.39 is 0 Å². The Labute approximate surface area is 120 Å². The molecular formula is C17H24OS. The van der Waals surface area contributed by atoms with Gasteiger partial charge in [0.25, 0.3) is 0 Å². The molecule has 3 unspecified atom stereocenters. The lowest BCUT2D eigenvalue weighted by Crippen LogP contribution is -2.53. The Bertz CT molecular complexity index is 489. The van der Waals surface area contributed by atoms with Crippen molar-refractivity contribution >= 4 is 11.3 Å². The fourth-order valence-corrected chi connectivity index (χ4v) is 7.11. The van der Waals surface area contributed by atoms with E-state index in [2.05, 4.69) is 25.3 Å². The quantitative estimate of drug-likeness (QED) is 0.830. The van der Waals surface area contributed by atoms with Gasteiger partial charge in [0.2, 0.25) is 0 Å². The Morgan fingerprint density at radius 2 is 1.95 bits per heavy atom. The third-order valence-corrected chi connectivity index (χ3v) is 7.20. The highest BCUT2D eigenvalue weighted by atomic mass is 32.1. The summed E-state index contributed by atoms with van der Waals surface area (Å²) in [5, 5.41) is 13.2. The number of aliphatic hydroxyl groups is 1. The summed E-state index contributed by atoms with van der Waals surface area (Å²) in [5.74, 6) is 1.78. The van der Waals surface area contributed by atoms with Gasteiger partial charge in [0.05, 0.1) is 6.10 Å². The Morgan fingerprint density at radius 3 is 2.47 bits per heavy atom. The molecule has 1 heterocycles. The van der Waals surface area contributed by atoms with E-state index in [1.807, 2.05) is 0 Å². The van der Waals surface area contributed by atoms with E-state index in [9.17, 15) is 5.11 Å². The molecule has 19 heavy (non-hydrogen) atoms. The van der Waals surface area contributed by atoms with Crippen LogP contribution in [0.1, 0.15) is 62.0 Å². The summed E-state index contributed by atoms with van der Waals surface area (Å²) >= 11 is 1.76. The fraction of sp³-hybridized carbons (Fsp3) is 0.765. The van der Waals surface area contributed by atoms with Crippen molar-refractivity contribution in [1.29, 1.82) is 0 Å². The standard InChI is InChI=1S/C17H24OS/c1-11-3-4-19-14(11)15(18)17-8-12-5-13(9-17)7-16(2,6-12)10-17/h3-4,12-13,15,18H,5-10H2,1-2H3. The van der Waals surface area contributed by atoms with Crippen LogP contribution in [0.2, 0.25) is 0 Å². The SMILES string of the molecule is Cc1ccsc1C(O)C12CC3CC(CC(C)(C3)C1)C2. The van der Waals surface area contributed by atoms with Gasteiger partial charge >= 0.3 is 0 Å². The Balaban J connectivity index is 1.72. The van der Waals surface area contributed by atoms with E-state index in [1.165, 1.54) is 49.0 Å². The van der Waals surface area contributed by atoms with Gasteiger partial charge in [0.15, 0.2) is 0 Å². The number of hydrogen-bond donors (Lipinski definition) is 1. The molecule has 0 radical (unpaired) electrons. The van der Waals surface area contributed by atoms with Crippen molar-refractivity contribution in [3.8, 4) is 0 Å². The molecule has 4 aliphatic rings. The third kappa shape index (κ3) is 1.76. The fourth-order valence-electron chi connectivity index (χ4n) is 6.06. The first-order valence-corrected chi connectivity index (χ1v) is 8.60. The van der Waals surface area contributed by atoms with Crippen molar-refractivity contribution < 1.29 is 5.11 Å². The van der Waals surface area contributed by atoms with E-state index in [-0.39, 0.29) is 11.5 Å². The number of aryl methyl sites for hydroxylation is 1. The molecule has 4 fully saturated rings. The Hall–Kier alpha value is -0.340. The lowest BCUT2D eigenvalue weighted by Gasteiger charge is -2.62. The summed E-state index contributed by atoms with van der Waals surface area (Å²) in [6, 6.07) is 2.16. The number of thiophene rings is 1. The average Bonchev–Trinajstić information content (AvgIpc) is 2.71. The molecule has 1 aromatic heterocycles. The van der Waals surface area contributed by atoms with Crippen LogP contribution in [0, 0.1) is 29.6 Å². The highest BCUT2D eigenvalue weighted by Crippen LogP contribution is 2.68. The molecular weight excluding hydrogens is 252 g/mol. The van der Waals surface area contributed by atoms with Crippen LogP contribution in [-0.4, -0.2) is 5.11 Å². The Morgan fingerprint density at radius 1 is 1.26 bits per heavy atom. The molecule has 5 rings (SSSR count). The third-order valence-electron chi connectivity index (χ3n) is 6.13. The smallest absolute Gasteiger partial charge is 0.0940 e. The first-order chi connectivity index (χ1) is 9.00. The summed E-state index contributed by atoms with van der Waals surface area (Å²) in [6.45, 7) is 4.63. The highest BCUT2D eigenvalue weighted by Gasteiger charge is 2.58. The summed E-state index contributed by atoms with van der Waals surface area (Å²) in [6.07, 6.45) is 7.87. The highest BCUT2D eigenvalue weighted by molar-refractivity contribution is 7.10. The molecule has 104 valence electrons. The predicted octanol–water partition coefficient (Wildman–Crippen LogP) is 4.70. The zero-order chi connectivity index (χ0) is 13.3. The minimum absolute atomic E-state index is 0.203. The minimum atomic E-state index is -0.210. The van der Waals surface area contributed by atoms with Gasteiger partial charge in [0.1, 0.15) is 0 Å². The number of rotatable bonds is 2. The maximum atomic E-state index is 11.1. The second kappa shape index (κ2) is 3.85. The molecule has 1 aromatic rings. The largest absolute Gasteiger partial charge is 0.387 e. The Kier molecular flexibility index (Phi) is 2.52. The van der Waals surface area contributed by atoms with Crippen molar-refractivity contribution in [2.75, 3.05) is 0 Å². The van der Waals surface area contributed by atoms with Crippen LogP contribution in [0.3, 0.4) is 0 Å². The van der Waals surface area contributed by atoms with Crippen molar-refractivity contribution in [1.82, 2.24) is 0 Å². The molecule has 2 heteroatoms. The maximum Gasteiger partial charge on any atom is 0.0940 e. The molecule has 0 aliphatic heterocycles. The van der Waals surface area contributed by atoms with Crippen LogP contribution in [-0.2, 0) is 0 Å². The maximum absolute atomic E-state index is 11.1. The van der Waals surface area contributed by atoms with Gasteiger partial charge in [-0.25, -0.2) is 0 Å². The van der Waals surface area contributed by atoms with E-state index in [4.69, 9.17) is 0 Å². The van der Waals surface area contributed by atoms with Gasteiger partial charge in [-0.2, -0.15) is 0 Å². The first kappa shape index (κ1) is 12.4. The lowest BCUT2D eigenvalue weighted by molar-refractivity contribution is -0.154. The van der Waals surface area contributed by atoms with Crippen LogP contribution >= 0.6 is 11.3 Å². The second-order valence-corrected chi connectivity index (χ2v) is 8.95. The number of aliphatic hydroxyl groups excluding tert-OH is 1. The zero-order valence-corrected chi connectivity index (χ0v) is 12.8. The van der Waals surface area contributed by atoms with Crippen molar-refractivity contribution in [2.45, 2.75) is 58.5 Å². The van der Waals surface area contributed by atoms with Gasteiger partial charge in [-0.15, -0.1) is 11.3 Å². The summed E-state index contributed by atoms with van der Waals surface area (Å²) < 4.78 is 0. The monoisotopic (exact) mass is 276 g/mol. The number of hydrogen-bond acceptors (Lipinski definition) is 2.